The predicted octanol–water partition coefficient (Wildman–Crippen LogP) is 3.59. The summed E-state index contributed by atoms with van der Waals surface area (Å²) in [5.41, 5.74) is 0.457. The van der Waals surface area contributed by atoms with Crippen molar-refractivity contribution in [3.8, 4) is 5.75 Å². The highest BCUT2D eigenvalue weighted by molar-refractivity contribution is 5.68. The van der Waals surface area contributed by atoms with E-state index in [0.717, 1.165) is 31.5 Å². The summed E-state index contributed by atoms with van der Waals surface area (Å²) >= 11 is 0. The van der Waals surface area contributed by atoms with Crippen molar-refractivity contribution in [1.29, 1.82) is 0 Å². The second-order valence-corrected chi connectivity index (χ2v) is 6.79. The highest BCUT2D eigenvalue weighted by Crippen LogP contribution is 2.21. The zero-order valence-electron chi connectivity index (χ0n) is 13.6. The Kier molecular flexibility index (Phi) is 5.16. The molecule has 1 aliphatic rings. The van der Waals surface area contributed by atoms with E-state index in [0.29, 0.717) is 12.6 Å². The van der Waals surface area contributed by atoms with Crippen molar-refractivity contribution >= 4 is 11.8 Å². The van der Waals surface area contributed by atoms with Gasteiger partial charge in [-0.25, -0.2) is 4.79 Å². The minimum atomic E-state index is -0.456. The third-order valence-corrected chi connectivity index (χ3v) is 3.60. The van der Waals surface area contributed by atoms with E-state index in [4.69, 9.17) is 4.74 Å². The Hall–Kier alpha value is -1.91. The Morgan fingerprint density at radius 1 is 1.32 bits per heavy atom. The summed E-state index contributed by atoms with van der Waals surface area (Å²) in [6.07, 6.45) is 2.57. The lowest BCUT2D eigenvalue weighted by molar-refractivity contribution is 0.0256. The van der Waals surface area contributed by atoms with Gasteiger partial charge in [0.25, 0.3) is 0 Å². The number of aromatic hydroxyl groups is 1. The number of nitrogens with zero attached hydrogens (tertiary/aromatic N) is 1. The van der Waals surface area contributed by atoms with E-state index < -0.39 is 5.60 Å². The number of phenols is 1. The van der Waals surface area contributed by atoms with Gasteiger partial charge in [0, 0.05) is 30.9 Å². The van der Waals surface area contributed by atoms with Gasteiger partial charge in [-0.1, -0.05) is 6.07 Å². The van der Waals surface area contributed by atoms with Crippen molar-refractivity contribution < 1.29 is 14.6 Å². The number of nitrogens with one attached hydrogen (secondary N) is 1. The van der Waals surface area contributed by atoms with Gasteiger partial charge >= 0.3 is 6.09 Å². The molecule has 2 N–H and O–H groups in total. The number of hydrogen-bond acceptors (Lipinski definition) is 4. The van der Waals surface area contributed by atoms with Crippen molar-refractivity contribution in [2.45, 2.75) is 51.7 Å². The number of carbonyl (C=O) groups excluding carboxylic acids is 1. The topological polar surface area (TPSA) is 61.8 Å². The van der Waals surface area contributed by atoms with Crippen molar-refractivity contribution in [2.24, 2.45) is 0 Å². The molecular formula is C17H26N2O3. The molecule has 5 nitrogen and oxygen atoms in total. The minimum absolute atomic E-state index is 0.231. The maximum absolute atomic E-state index is 12.1. The van der Waals surface area contributed by atoms with Gasteiger partial charge in [0.2, 0.25) is 0 Å². The Morgan fingerprint density at radius 2 is 2.09 bits per heavy atom. The molecule has 0 saturated carbocycles. The molecule has 1 amide bonds. The normalized spacial score (nSPS) is 19.4. The van der Waals surface area contributed by atoms with Crippen LogP contribution in [0.1, 0.15) is 40.0 Å². The van der Waals surface area contributed by atoms with E-state index in [2.05, 4.69) is 5.32 Å². The van der Waals surface area contributed by atoms with Crippen LogP contribution in [-0.4, -0.2) is 40.8 Å². The Labute approximate surface area is 132 Å². The van der Waals surface area contributed by atoms with Gasteiger partial charge < -0.3 is 20.1 Å². The number of benzene rings is 1. The number of likely N-dealkylation sites (tertiary alicyclic amines) is 1. The molecule has 0 aromatic heterocycles. The van der Waals surface area contributed by atoms with Crippen LogP contribution in [0.15, 0.2) is 24.3 Å². The van der Waals surface area contributed by atoms with Crippen LogP contribution >= 0.6 is 0 Å². The lowest BCUT2D eigenvalue weighted by atomic mass is 10.1. The molecule has 1 aromatic rings. The van der Waals surface area contributed by atoms with Crippen LogP contribution in [0.25, 0.3) is 0 Å². The molecule has 1 saturated heterocycles. The third-order valence-electron chi connectivity index (χ3n) is 3.60. The minimum Gasteiger partial charge on any atom is -0.508 e. The Bertz CT molecular complexity index is 511. The number of ether oxygens (including phenoxy) is 1. The fourth-order valence-corrected chi connectivity index (χ4v) is 2.58. The molecule has 1 fully saturated rings. The van der Waals surface area contributed by atoms with E-state index >= 15 is 0 Å². The molecule has 0 aliphatic carbocycles. The average molecular weight is 306 g/mol. The van der Waals surface area contributed by atoms with Crippen LogP contribution in [-0.2, 0) is 4.74 Å². The Morgan fingerprint density at radius 3 is 2.77 bits per heavy atom. The summed E-state index contributed by atoms with van der Waals surface area (Å²) in [6, 6.07) is 7.44. The number of anilines is 1. The first-order valence-corrected chi connectivity index (χ1v) is 7.87. The van der Waals surface area contributed by atoms with Gasteiger partial charge in [0.15, 0.2) is 0 Å². The van der Waals surface area contributed by atoms with Crippen molar-refractivity contribution in [2.75, 3.05) is 18.4 Å². The van der Waals surface area contributed by atoms with Crippen LogP contribution in [0.2, 0.25) is 0 Å². The molecule has 122 valence electrons. The second-order valence-electron chi connectivity index (χ2n) is 6.79. The number of carbonyl (C=O) groups is 1. The molecule has 1 unspecified atom stereocenters. The molecule has 22 heavy (non-hydrogen) atoms. The molecule has 1 atom stereocenters. The second kappa shape index (κ2) is 6.90. The van der Waals surface area contributed by atoms with Gasteiger partial charge in [-0.15, -0.1) is 0 Å². The van der Waals surface area contributed by atoms with Crippen LogP contribution in [0, 0.1) is 0 Å². The third kappa shape index (κ3) is 5.13. The van der Waals surface area contributed by atoms with Crippen molar-refractivity contribution in [3.63, 3.8) is 0 Å². The molecule has 1 heterocycles. The molecule has 1 aromatic carbocycles. The molecular weight excluding hydrogens is 280 g/mol. The maximum Gasteiger partial charge on any atom is 0.410 e. The van der Waals surface area contributed by atoms with E-state index in [1.54, 1.807) is 17.0 Å². The average Bonchev–Trinajstić information content (AvgIpc) is 2.62. The van der Waals surface area contributed by atoms with Gasteiger partial charge in [0.1, 0.15) is 11.4 Å². The summed E-state index contributed by atoms with van der Waals surface area (Å²) in [5, 5.41) is 12.9. The number of amides is 1. The van der Waals surface area contributed by atoms with E-state index in [1.165, 1.54) is 0 Å². The van der Waals surface area contributed by atoms with Crippen LogP contribution in [0.3, 0.4) is 0 Å². The molecule has 0 bridgehead atoms. The summed E-state index contributed by atoms with van der Waals surface area (Å²) < 4.78 is 5.44. The predicted molar refractivity (Wildman–Crippen MR) is 87.2 cm³/mol. The van der Waals surface area contributed by atoms with Crippen LogP contribution in [0.5, 0.6) is 5.75 Å². The first kappa shape index (κ1) is 16.5. The zero-order chi connectivity index (χ0) is 16.2. The zero-order valence-corrected chi connectivity index (χ0v) is 13.6. The number of rotatable bonds is 2. The van der Waals surface area contributed by atoms with Gasteiger partial charge in [-0.3, -0.25) is 0 Å². The van der Waals surface area contributed by atoms with Gasteiger partial charge in [0.05, 0.1) is 0 Å². The molecule has 5 heteroatoms. The van der Waals surface area contributed by atoms with Crippen LogP contribution < -0.4 is 5.32 Å². The summed E-state index contributed by atoms with van der Waals surface area (Å²) in [5.74, 6) is 0.258. The summed E-state index contributed by atoms with van der Waals surface area (Å²) in [7, 11) is 0. The van der Waals surface area contributed by atoms with E-state index in [-0.39, 0.29) is 11.8 Å². The van der Waals surface area contributed by atoms with Crippen molar-refractivity contribution in [3.05, 3.63) is 24.3 Å². The van der Waals surface area contributed by atoms with Crippen LogP contribution in [0.4, 0.5) is 10.5 Å². The highest BCUT2D eigenvalue weighted by Gasteiger charge is 2.25. The first-order chi connectivity index (χ1) is 10.3. The van der Waals surface area contributed by atoms with Gasteiger partial charge in [-0.2, -0.15) is 0 Å². The first-order valence-electron chi connectivity index (χ1n) is 7.87. The molecule has 0 radical (unpaired) electrons. The fourth-order valence-electron chi connectivity index (χ4n) is 2.58. The highest BCUT2D eigenvalue weighted by atomic mass is 16.6. The molecule has 0 spiro atoms. The maximum atomic E-state index is 12.1. The standard InChI is InChI=1S/C17H26N2O3/c1-17(2,3)22-16(21)19-10-5-7-13(9-11-19)18-14-6-4-8-15(20)12-14/h4,6,8,12-13,18,20H,5,7,9-11H2,1-3H3. The quantitative estimate of drug-likeness (QED) is 0.876. The number of phenolic OH excluding ortho intramolecular Hbond substituents is 1. The lowest BCUT2D eigenvalue weighted by Gasteiger charge is -2.26. The molecule has 1 aliphatic heterocycles. The monoisotopic (exact) mass is 306 g/mol. The Balaban J connectivity index is 1.88. The van der Waals surface area contributed by atoms with E-state index in [9.17, 15) is 9.90 Å². The fraction of sp³-hybridized carbons (Fsp3) is 0.588. The SMILES string of the molecule is CC(C)(C)OC(=O)N1CCCC(Nc2cccc(O)c2)CC1. The lowest BCUT2D eigenvalue weighted by Crippen LogP contribution is -2.37. The largest absolute Gasteiger partial charge is 0.508 e. The number of hydrogen-bond donors (Lipinski definition) is 2. The van der Waals surface area contributed by atoms with Crippen molar-refractivity contribution in [1.82, 2.24) is 4.90 Å². The van der Waals surface area contributed by atoms with Gasteiger partial charge in [-0.05, 0) is 52.2 Å². The van der Waals surface area contributed by atoms with E-state index in [1.807, 2.05) is 32.9 Å². The summed E-state index contributed by atoms with van der Waals surface area (Å²) in [6.45, 7) is 7.07. The summed E-state index contributed by atoms with van der Waals surface area (Å²) in [4.78, 5) is 13.9. The molecule has 2 rings (SSSR count). The smallest absolute Gasteiger partial charge is 0.410 e.